The van der Waals surface area contributed by atoms with Gasteiger partial charge in [0.1, 0.15) is 0 Å². The molecule has 0 amide bonds. The van der Waals surface area contributed by atoms with E-state index in [4.69, 9.17) is 0 Å². The fraction of sp³-hybridized carbons (Fsp3) is 0.0882. The van der Waals surface area contributed by atoms with Crippen LogP contribution in [0.3, 0.4) is 0 Å². The van der Waals surface area contributed by atoms with E-state index in [2.05, 4.69) is 522 Å². The zero-order valence-corrected chi connectivity index (χ0v) is 77.1. The number of fused-ring (bicyclic) bond motifs is 26. The van der Waals surface area contributed by atoms with E-state index in [0.717, 1.165) is 77.0 Å². The summed E-state index contributed by atoms with van der Waals surface area (Å²) in [4.78, 5) is 0. The van der Waals surface area contributed by atoms with Gasteiger partial charge in [0.05, 0.1) is 0 Å². The number of rotatable bonds is 0. The molecule has 0 aromatic heterocycles. The molecule has 654 valence electrons. The lowest BCUT2D eigenvalue weighted by Gasteiger charge is -2.03. The molecule has 0 heteroatoms. The van der Waals surface area contributed by atoms with Crippen LogP contribution < -0.4 is 0 Å². The van der Waals surface area contributed by atoms with E-state index in [9.17, 15) is 0 Å². The van der Waals surface area contributed by atoms with Crippen molar-refractivity contribution in [3.05, 3.63) is 619 Å². The van der Waals surface area contributed by atoms with Gasteiger partial charge in [0.2, 0.25) is 0 Å². The lowest BCUT2D eigenvalue weighted by molar-refractivity contribution is 1.26. The Bertz CT molecular complexity index is 6400. The molecule has 19 aromatic rings. The molecule has 0 saturated carbocycles. The third kappa shape index (κ3) is 20.7. The highest BCUT2D eigenvalue weighted by Crippen LogP contribution is 2.42. The molecule has 0 heterocycles. The van der Waals surface area contributed by atoms with Crippen LogP contribution in [0.2, 0.25) is 0 Å². The van der Waals surface area contributed by atoms with Crippen LogP contribution in [0.5, 0.6) is 0 Å². The van der Waals surface area contributed by atoms with E-state index in [0.29, 0.717) is 0 Å². The van der Waals surface area contributed by atoms with Gasteiger partial charge in [-0.25, -0.2) is 0 Å². The quantitative estimate of drug-likeness (QED) is 0.142. The highest BCUT2D eigenvalue weighted by Gasteiger charge is 2.23. The number of hydrogen-bond donors (Lipinski definition) is 0. The van der Waals surface area contributed by atoms with Crippen LogP contribution in [0.1, 0.15) is 134 Å². The predicted octanol–water partition coefficient (Wildman–Crippen LogP) is 34.2. The Morgan fingerprint density at radius 3 is 0.463 bits per heavy atom. The topological polar surface area (TPSA) is 0 Å². The third-order valence-electron chi connectivity index (χ3n) is 27.4. The first-order valence-electron chi connectivity index (χ1n) is 48.3. The Kier molecular flexibility index (Phi) is 27.8. The second-order valence-corrected chi connectivity index (χ2v) is 35.9. The molecule has 0 N–H and O–H groups in total. The molecule has 0 bridgehead atoms. The van der Waals surface area contributed by atoms with Crippen molar-refractivity contribution in [2.24, 2.45) is 0 Å². The molecule has 0 radical (unpaired) electrons. The smallest absolute Gasteiger partial charge is 0.00135 e. The Morgan fingerprint density at radius 1 is 0.110 bits per heavy atom. The van der Waals surface area contributed by atoms with Crippen molar-refractivity contribution in [3.8, 4) is 66.8 Å². The average Bonchev–Trinajstić information content (AvgIpc) is 1.66. The number of hydrogen-bond acceptors (Lipinski definition) is 0. The van der Waals surface area contributed by atoms with Crippen molar-refractivity contribution in [1.29, 1.82) is 0 Å². The molecule has 12 aliphatic rings. The van der Waals surface area contributed by atoms with Crippen LogP contribution in [-0.4, -0.2) is 0 Å². The van der Waals surface area contributed by atoms with Crippen molar-refractivity contribution in [3.63, 3.8) is 0 Å². The van der Waals surface area contributed by atoms with Crippen LogP contribution in [-0.2, 0) is 77.0 Å². The maximum Gasteiger partial charge on any atom is -0.00135 e. The van der Waals surface area contributed by atoms with Gasteiger partial charge in [0.25, 0.3) is 0 Å². The molecule has 19 aromatic carbocycles. The monoisotopic (exact) mass is 1740 g/mol. The van der Waals surface area contributed by atoms with Gasteiger partial charge in [-0.05, 0) is 288 Å². The van der Waals surface area contributed by atoms with E-state index < -0.39 is 0 Å². The summed E-state index contributed by atoms with van der Waals surface area (Å²) in [6.07, 6.45) is 39.6. The van der Waals surface area contributed by atoms with Gasteiger partial charge >= 0.3 is 0 Å². The van der Waals surface area contributed by atoms with Crippen LogP contribution in [0.4, 0.5) is 0 Å². The summed E-state index contributed by atoms with van der Waals surface area (Å²) in [6, 6.07) is 159. The zero-order valence-electron chi connectivity index (χ0n) is 77.1. The second kappa shape index (κ2) is 43.1. The fourth-order valence-corrected chi connectivity index (χ4v) is 20.5. The summed E-state index contributed by atoms with van der Waals surface area (Å²) in [5.41, 5.74) is 51.6. The Balaban J connectivity index is 0.0000000921. The molecule has 0 saturated heterocycles. The Labute approximate surface area is 804 Å². The van der Waals surface area contributed by atoms with E-state index in [1.165, 1.54) is 211 Å². The molecule has 0 unspecified atom stereocenters. The van der Waals surface area contributed by atoms with Gasteiger partial charge in [-0.3, -0.25) is 0 Å². The average molecular weight is 1740 g/mol. The number of benzene rings is 19. The standard InChI is InChI=1S/7C13H10.5C9H8/c6*1-3-7-12-10(5-1)9-11-6-2-4-8-13(11)12;1-2-6-12-10(4-1)8-9-11-5-3-7-13(11)12;5*1-2-5-9-7-3-6-8(9)4-1/h6*1-8H,9H2;1-6,8-9H,7H2;5*1-6H,7H2. The normalized spacial score (nSPS) is 12.9. The zero-order chi connectivity index (χ0) is 91.2. The van der Waals surface area contributed by atoms with Gasteiger partial charge in [-0.2, -0.15) is 0 Å². The first kappa shape index (κ1) is 87.8. The van der Waals surface area contributed by atoms with Crippen LogP contribution in [0.15, 0.2) is 485 Å². The van der Waals surface area contributed by atoms with Crippen molar-refractivity contribution < 1.29 is 0 Å². The third-order valence-corrected chi connectivity index (χ3v) is 27.4. The van der Waals surface area contributed by atoms with Gasteiger partial charge in [0.15, 0.2) is 0 Å². The van der Waals surface area contributed by atoms with Crippen molar-refractivity contribution in [1.82, 2.24) is 0 Å². The van der Waals surface area contributed by atoms with E-state index in [1.54, 1.807) is 0 Å². The first-order chi connectivity index (χ1) is 67.5. The lowest BCUT2D eigenvalue weighted by atomic mass is 10.0. The molecule has 136 heavy (non-hydrogen) atoms. The molecule has 0 spiro atoms. The Hall–Kier alpha value is -16.1. The molecule has 0 aliphatic heterocycles. The molecular weight excluding hydrogens is 1630 g/mol. The van der Waals surface area contributed by atoms with Crippen LogP contribution in [0, 0.1) is 0 Å². The molecule has 31 rings (SSSR count). The van der Waals surface area contributed by atoms with Crippen molar-refractivity contribution in [2.75, 3.05) is 0 Å². The maximum absolute atomic E-state index is 2.23. The molecule has 12 aliphatic carbocycles. The molecule has 0 atom stereocenters. The number of allylic oxidation sites excluding steroid dienone is 6. The lowest BCUT2D eigenvalue weighted by Crippen LogP contribution is -1.83. The van der Waals surface area contributed by atoms with E-state index in [1.807, 2.05) is 0 Å². The van der Waals surface area contributed by atoms with Gasteiger partial charge in [-0.1, -0.05) is 522 Å². The Morgan fingerprint density at radius 2 is 0.265 bits per heavy atom. The summed E-state index contributed by atoms with van der Waals surface area (Å²) in [5.74, 6) is 0. The van der Waals surface area contributed by atoms with Gasteiger partial charge in [0, 0.05) is 0 Å². The van der Waals surface area contributed by atoms with Gasteiger partial charge in [-0.15, -0.1) is 0 Å². The van der Waals surface area contributed by atoms with Crippen molar-refractivity contribution >= 4 is 47.2 Å². The second-order valence-electron chi connectivity index (χ2n) is 35.9. The fourth-order valence-electron chi connectivity index (χ4n) is 20.5. The van der Waals surface area contributed by atoms with Crippen molar-refractivity contribution in [2.45, 2.75) is 77.0 Å². The van der Waals surface area contributed by atoms with E-state index >= 15 is 0 Å². The predicted molar refractivity (Wildman–Crippen MR) is 581 cm³/mol. The van der Waals surface area contributed by atoms with Gasteiger partial charge < -0.3 is 0 Å². The minimum Gasteiger partial charge on any atom is -0.0795 e. The molecular formula is C136H110. The summed E-state index contributed by atoms with van der Waals surface area (Å²) in [5, 5.41) is 2.76. The minimum atomic E-state index is 1.09. The summed E-state index contributed by atoms with van der Waals surface area (Å²) < 4.78 is 0. The highest BCUT2D eigenvalue weighted by molar-refractivity contribution is 5.91. The van der Waals surface area contributed by atoms with E-state index in [-0.39, 0.29) is 0 Å². The first-order valence-corrected chi connectivity index (χ1v) is 48.3. The maximum atomic E-state index is 2.23. The minimum absolute atomic E-state index is 1.09. The highest BCUT2D eigenvalue weighted by atomic mass is 14.3. The largest absolute Gasteiger partial charge is 0.0795 e. The van der Waals surface area contributed by atoms with Crippen LogP contribution >= 0.6 is 0 Å². The van der Waals surface area contributed by atoms with Crippen LogP contribution in [0.25, 0.3) is 114 Å². The summed E-state index contributed by atoms with van der Waals surface area (Å²) in [6.45, 7) is 0. The molecule has 0 fully saturated rings. The summed E-state index contributed by atoms with van der Waals surface area (Å²) in [7, 11) is 0. The SMILES string of the molecule is C1=Cc2ccc3ccccc3c2C1.C1=Cc2ccccc2C1.C1=Cc2ccccc2C1.C1=Cc2ccccc2C1.C1=Cc2ccccc2C1.C1=Cc2ccccc2C1.c1ccc2c(c1)Cc1ccccc1-2.c1ccc2c(c1)Cc1ccccc1-2.c1ccc2c(c1)Cc1ccccc1-2.c1ccc2c(c1)Cc1ccccc1-2.c1ccc2c(c1)Cc1ccccc1-2.c1ccc2c(c1)Cc1ccccc1-2. The molecule has 0 nitrogen and oxygen atoms in total. The summed E-state index contributed by atoms with van der Waals surface area (Å²) >= 11 is 0.